The molecule has 0 fully saturated rings. The molecule has 0 unspecified atom stereocenters. The van der Waals surface area contributed by atoms with Crippen LogP contribution in [0, 0.1) is 10.1 Å². The third-order valence-electron chi connectivity index (χ3n) is 4.97. The Morgan fingerprint density at radius 3 is 2.21 bits per heavy atom. The van der Waals surface area contributed by atoms with Crippen molar-refractivity contribution in [3.05, 3.63) is 88.0 Å². The number of aromatic nitrogens is 1. The highest BCUT2D eigenvalue weighted by molar-refractivity contribution is 6.04. The van der Waals surface area contributed by atoms with Gasteiger partial charge in [-0.1, -0.05) is 42.5 Å². The summed E-state index contributed by atoms with van der Waals surface area (Å²) in [6.45, 7) is 5.55. The Hall–Kier alpha value is -4.27. The zero-order valence-electron chi connectivity index (χ0n) is 18.5. The van der Waals surface area contributed by atoms with Crippen LogP contribution in [0.2, 0.25) is 0 Å². The molecule has 1 heterocycles. The molecule has 0 bridgehead atoms. The van der Waals surface area contributed by atoms with E-state index in [-0.39, 0.29) is 23.6 Å². The van der Waals surface area contributed by atoms with E-state index in [9.17, 15) is 24.8 Å². The van der Waals surface area contributed by atoms with Crippen LogP contribution in [0.3, 0.4) is 0 Å². The summed E-state index contributed by atoms with van der Waals surface area (Å²) in [6.07, 6.45) is -1.04. The molecule has 33 heavy (non-hydrogen) atoms. The second kappa shape index (κ2) is 9.47. The molecule has 0 aliphatic heterocycles. The van der Waals surface area contributed by atoms with Crippen LogP contribution in [0.15, 0.2) is 66.7 Å². The molecule has 3 rings (SSSR count). The number of carbonyl (C=O) groups excluding carboxylic acids is 1. The molecule has 2 aromatic carbocycles. The van der Waals surface area contributed by atoms with Crippen LogP contribution in [0.4, 0.5) is 16.3 Å². The highest BCUT2D eigenvalue weighted by Crippen LogP contribution is 2.27. The minimum Gasteiger partial charge on any atom is -0.465 e. The van der Waals surface area contributed by atoms with Crippen LogP contribution in [-0.4, -0.2) is 37.5 Å². The summed E-state index contributed by atoms with van der Waals surface area (Å²) in [5.41, 5.74) is 1.31. The van der Waals surface area contributed by atoms with Crippen molar-refractivity contribution in [3.8, 4) is 11.3 Å². The van der Waals surface area contributed by atoms with Crippen LogP contribution in [-0.2, 0) is 6.54 Å². The van der Waals surface area contributed by atoms with Gasteiger partial charge in [-0.3, -0.25) is 19.8 Å². The van der Waals surface area contributed by atoms with Gasteiger partial charge in [0.25, 0.3) is 5.91 Å². The van der Waals surface area contributed by atoms with Gasteiger partial charge >= 0.3 is 11.8 Å². The van der Waals surface area contributed by atoms with Crippen molar-refractivity contribution < 1.29 is 19.6 Å². The second-order valence-corrected chi connectivity index (χ2v) is 8.38. The fourth-order valence-corrected chi connectivity index (χ4v) is 3.18. The lowest BCUT2D eigenvalue weighted by Gasteiger charge is -2.33. The maximum absolute atomic E-state index is 12.8. The predicted molar refractivity (Wildman–Crippen MR) is 124 cm³/mol. The number of rotatable bonds is 6. The fraction of sp³-hybridized carbons (Fsp3) is 0.208. The number of nitro groups is 1. The number of hydrogen-bond donors (Lipinski definition) is 2. The maximum Gasteiger partial charge on any atom is 0.408 e. The van der Waals surface area contributed by atoms with Gasteiger partial charge in [-0.05, 0) is 44.5 Å². The normalized spacial score (nSPS) is 11.0. The first-order chi connectivity index (χ1) is 15.6. The van der Waals surface area contributed by atoms with Gasteiger partial charge in [0.15, 0.2) is 0 Å². The van der Waals surface area contributed by atoms with E-state index in [1.807, 2.05) is 30.3 Å². The van der Waals surface area contributed by atoms with Crippen molar-refractivity contribution >= 4 is 23.5 Å². The van der Waals surface area contributed by atoms with Crippen molar-refractivity contribution in [2.24, 2.45) is 0 Å². The van der Waals surface area contributed by atoms with Crippen molar-refractivity contribution in [1.82, 2.24) is 9.88 Å². The average molecular weight is 448 g/mol. The van der Waals surface area contributed by atoms with Gasteiger partial charge in [0, 0.05) is 29.3 Å². The molecule has 0 aliphatic rings. The number of benzene rings is 2. The fourth-order valence-electron chi connectivity index (χ4n) is 3.18. The second-order valence-electron chi connectivity index (χ2n) is 8.38. The molecule has 170 valence electrons. The first-order valence-corrected chi connectivity index (χ1v) is 10.2. The van der Waals surface area contributed by atoms with Crippen LogP contribution in [0.1, 0.15) is 36.7 Å². The number of nitrogens with zero attached hydrogens (tertiary/aromatic N) is 3. The molecule has 3 aromatic rings. The maximum atomic E-state index is 12.8. The molecule has 2 N–H and O–H groups in total. The van der Waals surface area contributed by atoms with E-state index in [0.717, 1.165) is 5.56 Å². The van der Waals surface area contributed by atoms with E-state index in [2.05, 4.69) is 10.3 Å². The van der Waals surface area contributed by atoms with Crippen LogP contribution in [0.25, 0.3) is 11.3 Å². The Balaban J connectivity index is 1.82. The molecule has 0 aliphatic carbocycles. The zero-order chi connectivity index (χ0) is 24.2. The summed E-state index contributed by atoms with van der Waals surface area (Å²) < 4.78 is 0. The van der Waals surface area contributed by atoms with Crippen molar-refractivity contribution in [2.75, 3.05) is 5.32 Å². The average Bonchev–Trinajstić information content (AvgIpc) is 2.77. The quantitative estimate of drug-likeness (QED) is 0.395. The number of amides is 2. The van der Waals surface area contributed by atoms with Gasteiger partial charge in [0.05, 0.1) is 10.6 Å². The lowest BCUT2D eigenvalue weighted by Crippen LogP contribution is -2.44. The smallest absolute Gasteiger partial charge is 0.408 e. The number of hydrogen-bond acceptors (Lipinski definition) is 5. The van der Waals surface area contributed by atoms with Crippen molar-refractivity contribution in [1.29, 1.82) is 0 Å². The Labute approximate surface area is 190 Å². The number of anilines is 1. The minimum atomic E-state index is -1.04. The first-order valence-electron chi connectivity index (χ1n) is 10.2. The van der Waals surface area contributed by atoms with E-state index in [1.54, 1.807) is 45.0 Å². The van der Waals surface area contributed by atoms with Gasteiger partial charge < -0.3 is 10.4 Å². The van der Waals surface area contributed by atoms with Crippen LogP contribution in [0.5, 0.6) is 0 Å². The molecule has 2 amide bonds. The van der Waals surface area contributed by atoms with Crippen LogP contribution >= 0.6 is 0 Å². The first kappa shape index (κ1) is 23.4. The van der Waals surface area contributed by atoms with Crippen molar-refractivity contribution in [3.63, 3.8) is 0 Å². The highest BCUT2D eigenvalue weighted by atomic mass is 16.6. The Morgan fingerprint density at radius 2 is 1.67 bits per heavy atom. The van der Waals surface area contributed by atoms with E-state index in [0.29, 0.717) is 11.3 Å². The van der Waals surface area contributed by atoms with Gasteiger partial charge in [-0.2, -0.15) is 0 Å². The van der Waals surface area contributed by atoms with E-state index in [1.165, 1.54) is 17.0 Å². The SMILES string of the molecule is CC(C)(C)N(Cc1ccc(C(=O)Nc2nc(-c3ccccc3)ccc2[N+](=O)[O-])cc1)C(=O)O. The molecule has 0 radical (unpaired) electrons. The van der Waals surface area contributed by atoms with Crippen LogP contribution < -0.4 is 5.32 Å². The summed E-state index contributed by atoms with van der Waals surface area (Å²) in [5, 5.41) is 23.4. The number of carboxylic acid groups (broad SMARTS) is 1. The molecule has 9 heteroatoms. The van der Waals surface area contributed by atoms with Gasteiger partial charge in [-0.25, -0.2) is 9.78 Å². The third-order valence-corrected chi connectivity index (χ3v) is 4.97. The predicted octanol–water partition coefficient (Wildman–Crippen LogP) is 5.19. The molecule has 0 atom stereocenters. The zero-order valence-corrected chi connectivity index (χ0v) is 18.5. The Kier molecular flexibility index (Phi) is 6.72. The largest absolute Gasteiger partial charge is 0.465 e. The van der Waals surface area contributed by atoms with Gasteiger partial charge in [0.2, 0.25) is 5.82 Å². The topological polar surface area (TPSA) is 126 Å². The Bertz CT molecular complexity index is 1170. The summed E-state index contributed by atoms with van der Waals surface area (Å²) in [6, 6.07) is 18.3. The standard InChI is InChI=1S/C24H24N4O5/c1-24(2,3)27(23(30)31)15-16-9-11-18(12-10-16)22(29)26-21-20(28(32)33)14-13-19(25-21)17-7-5-4-6-8-17/h4-14H,15H2,1-3H3,(H,30,31)(H,25,26,29). The summed E-state index contributed by atoms with van der Waals surface area (Å²) in [7, 11) is 0. The lowest BCUT2D eigenvalue weighted by molar-refractivity contribution is -0.384. The molecular weight excluding hydrogens is 424 g/mol. The molecule has 1 aromatic heterocycles. The van der Waals surface area contributed by atoms with Crippen molar-refractivity contribution in [2.45, 2.75) is 32.9 Å². The molecular formula is C24H24N4O5. The summed E-state index contributed by atoms with van der Waals surface area (Å²) in [5.74, 6) is -0.714. The number of pyridine rings is 1. The molecule has 0 saturated heterocycles. The minimum absolute atomic E-state index is 0.153. The van der Waals surface area contributed by atoms with E-state index >= 15 is 0 Å². The lowest BCUT2D eigenvalue weighted by atomic mass is 10.0. The van der Waals surface area contributed by atoms with E-state index < -0.39 is 22.5 Å². The third kappa shape index (κ3) is 5.70. The summed E-state index contributed by atoms with van der Waals surface area (Å²) >= 11 is 0. The Morgan fingerprint density at radius 1 is 1.03 bits per heavy atom. The number of carbonyl (C=O) groups is 2. The molecule has 9 nitrogen and oxygen atoms in total. The number of nitrogens with one attached hydrogen (secondary N) is 1. The molecule has 0 saturated carbocycles. The van der Waals surface area contributed by atoms with Gasteiger partial charge in [0.1, 0.15) is 0 Å². The highest BCUT2D eigenvalue weighted by Gasteiger charge is 2.26. The van der Waals surface area contributed by atoms with Gasteiger partial charge in [-0.15, -0.1) is 0 Å². The summed E-state index contributed by atoms with van der Waals surface area (Å²) in [4.78, 5) is 40.7. The van der Waals surface area contributed by atoms with E-state index in [4.69, 9.17) is 0 Å². The molecule has 0 spiro atoms. The monoisotopic (exact) mass is 448 g/mol.